The molecule has 1 unspecified atom stereocenters. The van der Waals surface area contributed by atoms with Crippen LogP contribution in [-0.4, -0.2) is 17.1 Å². The van der Waals surface area contributed by atoms with Crippen molar-refractivity contribution in [2.75, 3.05) is 0 Å². The number of hydrogen-bond acceptors (Lipinski definition) is 3. The highest BCUT2D eigenvalue weighted by Crippen LogP contribution is 2.16. The molecule has 0 bridgehead atoms. The van der Waals surface area contributed by atoms with Gasteiger partial charge in [0, 0.05) is 12.2 Å². The zero-order chi connectivity index (χ0) is 11.4. The summed E-state index contributed by atoms with van der Waals surface area (Å²) in [7, 11) is 0. The number of nitrogens with zero attached hydrogens (tertiary/aromatic N) is 1. The Bertz CT molecular complexity index is 403. The maximum Gasteiger partial charge on any atom is 0.228 e. The molecule has 0 aromatic heterocycles. The summed E-state index contributed by atoms with van der Waals surface area (Å²) >= 11 is 1.58. The third-order valence-corrected chi connectivity index (χ3v) is 3.24. The highest BCUT2D eigenvalue weighted by Gasteiger charge is 2.17. The molecule has 4 heteroatoms. The van der Waals surface area contributed by atoms with Crippen molar-refractivity contribution in [3.63, 3.8) is 0 Å². The van der Waals surface area contributed by atoms with Crippen LogP contribution >= 0.6 is 11.8 Å². The Balaban J connectivity index is 1.93. The first kappa shape index (κ1) is 11.2. The van der Waals surface area contributed by atoms with Crippen molar-refractivity contribution in [3.8, 4) is 0 Å². The van der Waals surface area contributed by atoms with E-state index in [0.717, 1.165) is 10.9 Å². The lowest BCUT2D eigenvalue weighted by molar-refractivity contribution is -0.120. The number of carbonyl (C=O) groups is 1. The molecule has 0 spiro atoms. The maximum atomic E-state index is 11.3. The van der Waals surface area contributed by atoms with Gasteiger partial charge in [0.05, 0.1) is 6.04 Å². The minimum atomic E-state index is 0.0676. The molecular weight excluding hydrogens is 220 g/mol. The van der Waals surface area contributed by atoms with Crippen LogP contribution in [0.2, 0.25) is 0 Å². The zero-order valence-corrected chi connectivity index (χ0v) is 9.96. The molecule has 16 heavy (non-hydrogen) atoms. The minimum Gasteiger partial charge on any atom is -0.305 e. The second kappa shape index (κ2) is 5.16. The SMILES string of the molecule is CC1CC(=O)NC(SCc2ccccc2)=N1. The molecule has 1 amide bonds. The van der Waals surface area contributed by atoms with Gasteiger partial charge >= 0.3 is 0 Å². The Hall–Kier alpha value is -1.29. The number of amidine groups is 1. The molecule has 84 valence electrons. The van der Waals surface area contributed by atoms with Crippen LogP contribution < -0.4 is 5.32 Å². The van der Waals surface area contributed by atoms with Gasteiger partial charge in [0.1, 0.15) is 0 Å². The highest BCUT2D eigenvalue weighted by molar-refractivity contribution is 8.13. The average Bonchev–Trinajstić information content (AvgIpc) is 2.27. The quantitative estimate of drug-likeness (QED) is 0.852. The van der Waals surface area contributed by atoms with Gasteiger partial charge in [-0.25, -0.2) is 0 Å². The van der Waals surface area contributed by atoms with Crippen LogP contribution in [0.25, 0.3) is 0 Å². The van der Waals surface area contributed by atoms with Crippen molar-refractivity contribution in [1.29, 1.82) is 0 Å². The van der Waals surface area contributed by atoms with Gasteiger partial charge in [-0.2, -0.15) is 0 Å². The molecule has 0 fully saturated rings. The number of benzene rings is 1. The molecule has 3 nitrogen and oxygen atoms in total. The van der Waals surface area contributed by atoms with Gasteiger partial charge in [-0.15, -0.1) is 0 Å². The molecule has 1 aliphatic rings. The summed E-state index contributed by atoms with van der Waals surface area (Å²) in [6, 6.07) is 10.3. The summed E-state index contributed by atoms with van der Waals surface area (Å²) in [6.07, 6.45) is 0.495. The minimum absolute atomic E-state index is 0.0676. The molecule has 0 radical (unpaired) electrons. The average molecular weight is 234 g/mol. The Morgan fingerprint density at radius 1 is 1.44 bits per heavy atom. The summed E-state index contributed by atoms with van der Waals surface area (Å²) in [4.78, 5) is 15.7. The van der Waals surface area contributed by atoms with E-state index in [2.05, 4.69) is 22.4 Å². The van der Waals surface area contributed by atoms with Crippen LogP contribution in [0, 0.1) is 0 Å². The van der Waals surface area contributed by atoms with Crippen LogP contribution in [0.3, 0.4) is 0 Å². The Morgan fingerprint density at radius 2 is 2.19 bits per heavy atom. The Labute approximate surface area is 99.3 Å². The van der Waals surface area contributed by atoms with E-state index >= 15 is 0 Å². The van der Waals surface area contributed by atoms with Crippen molar-refractivity contribution in [3.05, 3.63) is 35.9 Å². The number of thioether (sulfide) groups is 1. The second-order valence-corrected chi connectivity index (χ2v) is 4.77. The molecule has 0 saturated carbocycles. The van der Waals surface area contributed by atoms with E-state index in [1.165, 1.54) is 5.56 Å². The first-order valence-electron chi connectivity index (χ1n) is 5.28. The van der Waals surface area contributed by atoms with E-state index in [1.54, 1.807) is 11.8 Å². The zero-order valence-electron chi connectivity index (χ0n) is 9.14. The fourth-order valence-electron chi connectivity index (χ4n) is 1.52. The van der Waals surface area contributed by atoms with E-state index in [0.29, 0.717) is 6.42 Å². The smallest absolute Gasteiger partial charge is 0.228 e. The van der Waals surface area contributed by atoms with Gasteiger partial charge in [0.15, 0.2) is 5.17 Å². The van der Waals surface area contributed by atoms with Gasteiger partial charge in [-0.3, -0.25) is 9.79 Å². The predicted octanol–water partition coefficient (Wildman–Crippen LogP) is 2.18. The fourth-order valence-corrected chi connectivity index (χ4v) is 2.45. The maximum absolute atomic E-state index is 11.3. The molecule has 0 saturated heterocycles. The molecule has 1 aromatic carbocycles. The van der Waals surface area contributed by atoms with Crippen molar-refractivity contribution in [2.24, 2.45) is 4.99 Å². The normalized spacial score (nSPS) is 20.2. The molecule has 1 atom stereocenters. The largest absolute Gasteiger partial charge is 0.305 e. The van der Waals surface area contributed by atoms with Crippen LogP contribution in [0.15, 0.2) is 35.3 Å². The third-order valence-electron chi connectivity index (χ3n) is 2.28. The van der Waals surface area contributed by atoms with Gasteiger partial charge in [0.2, 0.25) is 5.91 Å². The van der Waals surface area contributed by atoms with E-state index in [9.17, 15) is 4.79 Å². The third kappa shape index (κ3) is 3.10. The molecule has 1 aromatic rings. The number of carbonyl (C=O) groups excluding carboxylic acids is 1. The van der Waals surface area contributed by atoms with Crippen molar-refractivity contribution < 1.29 is 4.79 Å². The van der Waals surface area contributed by atoms with E-state index < -0.39 is 0 Å². The first-order valence-corrected chi connectivity index (χ1v) is 6.27. The summed E-state index contributed by atoms with van der Waals surface area (Å²) < 4.78 is 0. The van der Waals surface area contributed by atoms with Gasteiger partial charge in [-0.1, -0.05) is 42.1 Å². The Morgan fingerprint density at radius 3 is 2.88 bits per heavy atom. The van der Waals surface area contributed by atoms with Gasteiger partial charge in [-0.05, 0) is 12.5 Å². The fraction of sp³-hybridized carbons (Fsp3) is 0.333. The van der Waals surface area contributed by atoms with Crippen LogP contribution in [0.4, 0.5) is 0 Å². The molecular formula is C12H14N2OS. The lowest BCUT2D eigenvalue weighted by Crippen LogP contribution is -2.35. The summed E-state index contributed by atoms with van der Waals surface area (Å²) in [5.41, 5.74) is 1.24. The number of rotatable bonds is 2. The number of amides is 1. The molecule has 1 heterocycles. The lowest BCUT2D eigenvalue weighted by Gasteiger charge is -2.17. The van der Waals surface area contributed by atoms with Crippen molar-refractivity contribution in [2.45, 2.75) is 25.1 Å². The van der Waals surface area contributed by atoms with E-state index in [1.807, 2.05) is 25.1 Å². The predicted molar refractivity (Wildman–Crippen MR) is 67.4 cm³/mol. The Kier molecular flexibility index (Phi) is 3.62. The number of aliphatic imine (C=N–C) groups is 1. The van der Waals surface area contributed by atoms with Gasteiger partial charge in [0.25, 0.3) is 0 Å². The standard InChI is InChI=1S/C12H14N2OS/c1-9-7-11(15)14-12(13-9)16-8-10-5-3-2-4-6-10/h2-6,9H,7-8H2,1H3,(H,13,14,15). The molecule has 0 aliphatic carbocycles. The summed E-state index contributed by atoms with van der Waals surface area (Å²) in [5, 5.41) is 3.53. The highest BCUT2D eigenvalue weighted by atomic mass is 32.2. The van der Waals surface area contributed by atoms with E-state index in [-0.39, 0.29) is 11.9 Å². The monoisotopic (exact) mass is 234 g/mol. The van der Waals surface area contributed by atoms with Crippen molar-refractivity contribution >= 4 is 22.8 Å². The number of hydrogen-bond donors (Lipinski definition) is 1. The van der Waals surface area contributed by atoms with Crippen LogP contribution in [0.1, 0.15) is 18.9 Å². The first-order chi connectivity index (χ1) is 7.74. The number of nitrogens with one attached hydrogen (secondary N) is 1. The molecule has 1 aliphatic heterocycles. The van der Waals surface area contributed by atoms with E-state index in [4.69, 9.17) is 0 Å². The molecule has 2 rings (SSSR count). The second-order valence-electron chi connectivity index (χ2n) is 3.81. The lowest BCUT2D eigenvalue weighted by atomic mass is 10.2. The van der Waals surface area contributed by atoms with Crippen LogP contribution in [-0.2, 0) is 10.5 Å². The van der Waals surface area contributed by atoms with Crippen LogP contribution in [0.5, 0.6) is 0 Å². The summed E-state index contributed by atoms with van der Waals surface area (Å²) in [6.45, 7) is 1.96. The summed E-state index contributed by atoms with van der Waals surface area (Å²) in [5.74, 6) is 0.908. The molecule has 1 N–H and O–H groups in total. The topological polar surface area (TPSA) is 41.5 Å². The van der Waals surface area contributed by atoms with Crippen molar-refractivity contribution in [1.82, 2.24) is 5.32 Å². The van der Waals surface area contributed by atoms with Gasteiger partial charge < -0.3 is 5.32 Å².